The van der Waals surface area contributed by atoms with E-state index in [1.807, 2.05) is 72.8 Å². The molecule has 0 aromatic heterocycles. The van der Waals surface area contributed by atoms with Gasteiger partial charge >= 0.3 is 6.03 Å². The van der Waals surface area contributed by atoms with Crippen LogP contribution in [0.25, 0.3) is 11.1 Å². The summed E-state index contributed by atoms with van der Waals surface area (Å²) < 4.78 is 5.05. The predicted octanol–water partition coefficient (Wildman–Crippen LogP) is 6.56. The molecule has 0 bridgehead atoms. The Labute approximate surface area is 213 Å². The van der Waals surface area contributed by atoms with Crippen molar-refractivity contribution in [2.75, 3.05) is 31.0 Å². The number of Topliss-reactive ketones (excluding diaryl/α,β-unsaturated/α-hetero) is 1. The summed E-state index contributed by atoms with van der Waals surface area (Å²) in [5, 5.41) is 15.2. The minimum absolute atomic E-state index is 0.0119. The molecule has 36 heavy (non-hydrogen) atoms. The van der Waals surface area contributed by atoms with Gasteiger partial charge in [0.25, 0.3) is 0 Å². The van der Waals surface area contributed by atoms with E-state index in [-0.39, 0.29) is 24.3 Å². The van der Waals surface area contributed by atoms with Crippen molar-refractivity contribution in [1.82, 2.24) is 0 Å². The molecule has 0 saturated heterocycles. The normalized spacial score (nSPS) is 11.6. The van der Waals surface area contributed by atoms with Gasteiger partial charge in [0.2, 0.25) is 0 Å². The second-order valence-corrected chi connectivity index (χ2v) is 8.99. The Morgan fingerprint density at radius 2 is 1.42 bits per heavy atom. The lowest BCUT2D eigenvalue weighted by atomic mass is 9.95. The van der Waals surface area contributed by atoms with Crippen LogP contribution in [0.4, 0.5) is 16.2 Å². The van der Waals surface area contributed by atoms with Crippen molar-refractivity contribution in [3.8, 4) is 11.1 Å². The van der Waals surface area contributed by atoms with Crippen LogP contribution in [0.1, 0.15) is 48.5 Å². The highest BCUT2D eigenvalue weighted by molar-refractivity contribution is 6.00. The number of unbranched alkanes of at least 4 members (excludes halogenated alkanes) is 1. The van der Waals surface area contributed by atoms with Gasteiger partial charge in [-0.15, -0.1) is 0 Å². The zero-order valence-corrected chi connectivity index (χ0v) is 21.1. The van der Waals surface area contributed by atoms with E-state index in [0.717, 1.165) is 36.1 Å². The van der Waals surface area contributed by atoms with Crippen LogP contribution in [0.2, 0.25) is 0 Å². The SMILES string of the molecule is CCCCc1ccc(NC(=O)Nc2ccc(-c3ccc(C(=O)CC(CO)CCOC)cc3)cc2)cc1. The molecule has 0 aliphatic rings. The van der Waals surface area contributed by atoms with Crippen molar-refractivity contribution < 1.29 is 19.4 Å². The Morgan fingerprint density at radius 1 is 0.861 bits per heavy atom. The number of methoxy groups -OCH3 is 1. The number of urea groups is 1. The quantitative estimate of drug-likeness (QED) is 0.238. The number of ether oxygens (including phenoxy) is 1. The highest BCUT2D eigenvalue weighted by Crippen LogP contribution is 2.23. The van der Waals surface area contributed by atoms with Gasteiger partial charge in [0, 0.05) is 43.7 Å². The van der Waals surface area contributed by atoms with E-state index >= 15 is 0 Å². The van der Waals surface area contributed by atoms with Gasteiger partial charge < -0.3 is 20.5 Å². The van der Waals surface area contributed by atoms with Gasteiger partial charge in [-0.05, 0) is 66.1 Å². The number of aryl methyl sites for hydroxylation is 1. The maximum atomic E-state index is 12.6. The van der Waals surface area contributed by atoms with Gasteiger partial charge in [-0.2, -0.15) is 0 Å². The minimum Gasteiger partial charge on any atom is -0.396 e. The molecule has 0 aliphatic carbocycles. The molecule has 0 heterocycles. The molecule has 3 aromatic carbocycles. The van der Waals surface area contributed by atoms with Crippen molar-refractivity contribution in [2.24, 2.45) is 5.92 Å². The third-order valence-electron chi connectivity index (χ3n) is 6.18. The standard InChI is InChI=1S/C30H36N2O4/c1-3-4-5-22-6-14-27(15-7-22)31-30(35)32-28-16-12-25(13-17-28)24-8-10-26(11-9-24)29(34)20-23(21-33)18-19-36-2/h6-17,23,33H,3-5,18-21H2,1-2H3,(H2,31,32,35). The van der Waals surface area contributed by atoms with Gasteiger partial charge in [0.15, 0.2) is 5.78 Å². The smallest absolute Gasteiger partial charge is 0.323 e. The Hall–Kier alpha value is -3.48. The molecule has 190 valence electrons. The van der Waals surface area contributed by atoms with Crippen LogP contribution in [0.15, 0.2) is 72.8 Å². The van der Waals surface area contributed by atoms with E-state index < -0.39 is 0 Å². The van der Waals surface area contributed by atoms with E-state index in [1.54, 1.807) is 7.11 Å². The third kappa shape index (κ3) is 8.33. The van der Waals surface area contributed by atoms with Gasteiger partial charge in [-0.1, -0.05) is 61.9 Å². The molecule has 3 aromatic rings. The Kier molecular flexibility index (Phi) is 10.7. The van der Waals surface area contributed by atoms with Crippen LogP contribution in [0.5, 0.6) is 0 Å². The number of aliphatic hydroxyl groups excluding tert-OH is 1. The molecule has 0 radical (unpaired) electrons. The Balaban J connectivity index is 1.53. The molecule has 6 nitrogen and oxygen atoms in total. The minimum atomic E-state index is -0.293. The van der Waals surface area contributed by atoms with Crippen molar-refractivity contribution >= 4 is 23.2 Å². The number of carbonyl (C=O) groups is 2. The first kappa shape index (κ1) is 27.1. The Bertz CT molecular complexity index is 1090. The molecule has 0 saturated carbocycles. The summed E-state index contributed by atoms with van der Waals surface area (Å²) in [6.45, 7) is 2.67. The van der Waals surface area contributed by atoms with Gasteiger partial charge in [0.05, 0.1) is 0 Å². The summed E-state index contributed by atoms with van der Waals surface area (Å²) in [7, 11) is 1.61. The molecular formula is C30H36N2O4. The molecule has 0 fully saturated rings. The molecule has 0 aliphatic heterocycles. The first-order chi connectivity index (χ1) is 17.5. The largest absolute Gasteiger partial charge is 0.396 e. The topological polar surface area (TPSA) is 87.7 Å². The number of hydrogen-bond donors (Lipinski definition) is 3. The fraction of sp³-hybridized carbons (Fsp3) is 0.333. The van der Waals surface area contributed by atoms with Crippen molar-refractivity contribution in [3.63, 3.8) is 0 Å². The number of ketones is 1. The van der Waals surface area contributed by atoms with Crippen molar-refractivity contribution in [1.29, 1.82) is 0 Å². The highest BCUT2D eigenvalue weighted by atomic mass is 16.5. The third-order valence-corrected chi connectivity index (χ3v) is 6.18. The van der Waals surface area contributed by atoms with Crippen molar-refractivity contribution in [3.05, 3.63) is 83.9 Å². The van der Waals surface area contributed by atoms with Gasteiger partial charge in [0.1, 0.15) is 0 Å². The average molecular weight is 489 g/mol. The second-order valence-electron chi connectivity index (χ2n) is 8.99. The predicted molar refractivity (Wildman–Crippen MR) is 146 cm³/mol. The number of rotatable bonds is 13. The number of anilines is 2. The lowest BCUT2D eigenvalue weighted by Crippen LogP contribution is -2.19. The number of aliphatic hydroxyl groups is 1. The van der Waals surface area contributed by atoms with Crippen LogP contribution < -0.4 is 10.6 Å². The average Bonchev–Trinajstić information content (AvgIpc) is 2.91. The highest BCUT2D eigenvalue weighted by Gasteiger charge is 2.15. The van der Waals surface area contributed by atoms with Gasteiger partial charge in [-0.3, -0.25) is 4.79 Å². The number of hydrogen-bond acceptors (Lipinski definition) is 4. The van der Waals surface area contributed by atoms with Crippen LogP contribution in [-0.4, -0.2) is 37.2 Å². The van der Waals surface area contributed by atoms with Crippen LogP contribution in [0.3, 0.4) is 0 Å². The summed E-state index contributed by atoms with van der Waals surface area (Å²) in [6, 6.07) is 22.7. The molecular weight excluding hydrogens is 452 g/mol. The number of benzene rings is 3. The van der Waals surface area contributed by atoms with E-state index in [1.165, 1.54) is 5.56 Å². The zero-order chi connectivity index (χ0) is 25.8. The van der Waals surface area contributed by atoms with E-state index in [9.17, 15) is 14.7 Å². The zero-order valence-electron chi connectivity index (χ0n) is 21.1. The van der Waals surface area contributed by atoms with Crippen LogP contribution in [-0.2, 0) is 11.2 Å². The number of nitrogens with one attached hydrogen (secondary N) is 2. The monoisotopic (exact) mass is 488 g/mol. The molecule has 1 unspecified atom stereocenters. The van der Waals surface area contributed by atoms with E-state index in [2.05, 4.69) is 17.6 Å². The molecule has 3 N–H and O–H groups in total. The summed E-state index contributed by atoms with van der Waals surface area (Å²) in [6.07, 6.45) is 4.32. The number of carbonyl (C=O) groups excluding carboxylic acids is 2. The maximum absolute atomic E-state index is 12.6. The molecule has 1 atom stereocenters. The summed E-state index contributed by atoms with van der Waals surface area (Å²) in [5.74, 6) is -0.0857. The molecule has 2 amide bonds. The van der Waals surface area contributed by atoms with Crippen LogP contribution >= 0.6 is 0 Å². The first-order valence-electron chi connectivity index (χ1n) is 12.5. The fourth-order valence-electron chi connectivity index (χ4n) is 3.95. The maximum Gasteiger partial charge on any atom is 0.323 e. The molecule has 3 rings (SSSR count). The second kappa shape index (κ2) is 14.2. The summed E-state index contributed by atoms with van der Waals surface area (Å²) >= 11 is 0. The first-order valence-corrected chi connectivity index (χ1v) is 12.5. The lowest BCUT2D eigenvalue weighted by Gasteiger charge is -2.13. The van der Waals surface area contributed by atoms with Gasteiger partial charge in [-0.25, -0.2) is 4.79 Å². The summed E-state index contributed by atoms with van der Waals surface area (Å²) in [5.41, 5.74) is 5.30. The lowest BCUT2D eigenvalue weighted by molar-refractivity contribution is 0.0903. The van der Waals surface area contributed by atoms with E-state index in [0.29, 0.717) is 30.7 Å². The fourth-order valence-corrected chi connectivity index (χ4v) is 3.95. The summed E-state index contributed by atoms with van der Waals surface area (Å²) in [4.78, 5) is 24.9. The molecule has 6 heteroatoms. The van der Waals surface area contributed by atoms with E-state index in [4.69, 9.17) is 4.74 Å². The van der Waals surface area contributed by atoms with Crippen molar-refractivity contribution in [2.45, 2.75) is 39.0 Å². The number of amides is 2. The Morgan fingerprint density at radius 3 is 1.94 bits per heavy atom. The van der Waals surface area contributed by atoms with Crippen LogP contribution in [0, 0.1) is 5.92 Å². The molecule has 0 spiro atoms.